The molecule has 0 aliphatic carbocycles. The van der Waals surface area contributed by atoms with Crippen LogP contribution >= 0.6 is 11.3 Å². The molecule has 3 heterocycles. The molecule has 2 aromatic heterocycles. The van der Waals surface area contributed by atoms with Crippen LogP contribution in [0.4, 0.5) is 5.69 Å². The second-order valence-electron chi connectivity index (χ2n) is 8.11. The molecule has 0 unspecified atom stereocenters. The quantitative estimate of drug-likeness (QED) is 0.483. The number of nitrogens with zero attached hydrogens (tertiary/aromatic N) is 2. The van der Waals surface area contributed by atoms with Gasteiger partial charge in [-0.2, -0.15) is 0 Å². The molecule has 1 N–H and O–H groups in total. The van der Waals surface area contributed by atoms with Gasteiger partial charge >= 0.3 is 5.76 Å². The lowest BCUT2D eigenvalue weighted by atomic mass is 10.0. The number of para-hydroxylation sites is 2. The number of aromatic nitrogens is 1. The van der Waals surface area contributed by atoms with Crippen LogP contribution in [-0.4, -0.2) is 27.8 Å². The highest BCUT2D eigenvalue weighted by atomic mass is 32.1. The van der Waals surface area contributed by atoms with Gasteiger partial charge in [-0.25, -0.2) is 4.79 Å². The van der Waals surface area contributed by atoms with E-state index >= 15 is 0 Å². The number of fused-ring (bicyclic) bond motifs is 2. The van der Waals surface area contributed by atoms with Crippen molar-refractivity contribution in [1.29, 1.82) is 0 Å². The molecule has 2 aromatic carbocycles. The summed E-state index contributed by atoms with van der Waals surface area (Å²) in [5.74, 6) is -0.749. The monoisotopic (exact) mass is 461 g/mol. The third kappa shape index (κ3) is 4.09. The Morgan fingerprint density at radius 1 is 1.12 bits per heavy atom. The third-order valence-electron chi connectivity index (χ3n) is 6.07. The number of aryl methyl sites for hydroxylation is 1. The second kappa shape index (κ2) is 8.71. The Kier molecular flexibility index (Phi) is 5.60. The maximum Gasteiger partial charge on any atom is 0.419 e. The largest absolute Gasteiger partial charge is 0.419 e. The molecule has 0 spiro atoms. The molecule has 8 heteroatoms. The molecule has 4 aromatic rings. The van der Waals surface area contributed by atoms with Crippen molar-refractivity contribution in [2.45, 2.75) is 32.9 Å². The van der Waals surface area contributed by atoms with Gasteiger partial charge in [-0.05, 0) is 60.2 Å². The van der Waals surface area contributed by atoms with Crippen LogP contribution in [-0.2, 0) is 24.3 Å². The van der Waals surface area contributed by atoms with E-state index in [-0.39, 0.29) is 24.8 Å². The molecule has 0 fully saturated rings. The average Bonchev–Trinajstić information content (AvgIpc) is 3.41. The van der Waals surface area contributed by atoms with Crippen molar-refractivity contribution in [3.8, 4) is 0 Å². The van der Waals surface area contributed by atoms with Crippen LogP contribution in [0.25, 0.3) is 11.1 Å². The normalized spacial score (nSPS) is 13.2. The van der Waals surface area contributed by atoms with Gasteiger partial charge in [0.2, 0.25) is 5.91 Å². The molecule has 5 rings (SSSR count). The number of carbonyl (C=O) groups is 2. The lowest BCUT2D eigenvalue weighted by Crippen LogP contribution is -2.35. The number of benzene rings is 2. The van der Waals surface area contributed by atoms with Crippen molar-refractivity contribution >= 4 is 39.9 Å². The average molecular weight is 462 g/mol. The topological polar surface area (TPSA) is 84.5 Å². The summed E-state index contributed by atoms with van der Waals surface area (Å²) >= 11 is 1.74. The molecule has 168 valence electrons. The van der Waals surface area contributed by atoms with E-state index in [9.17, 15) is 14.4 Å². The van der Waals surface area contributed by atoms with E-state index in [0.717, 1.165) is 12.0 Å². The van der Waals surface area contributed by atoms with Crippen LogP contribution in [0.1, 0.15) is 32.8 Å². The van der Waals surface area contributed by atoms with Crippen molar-refractivity contribution in [3.63, 3.8) is 0 Å². The zero-order valence-corrected chi connectivity index (χ0v) is 19.0. The second-order valence-corrected chi connectivity index (χ2v) is 9.11. The van der Waals surface area contributed by atoms with Gasteiger partial charge in [0.1, 0.15) is 0 Å². The van der Waals surface area contributed by atoms with Gasteiger partial charge in [0.15, 0.2) is 5.58 Å². The summed E-state index contributed by atoms with van der Waals surface area (Å²) in [5.41, 5.74) is 4.29. The maximum atomic E-state index is 13.2. The Hall–Kier alpha value is -3.65. The van der Waals surface area contributed by atoms with E-state index in [1.807, 2.05) is 17.9 Å². The zero-order chi connectivity index (χ0) is 22.9. The molecular weight excluding hydrogens is 438 g/mol. The Morgan fingerprint density at radius 3 is 2.85 bits per heavy atom. The summed E-state index contributed by atoms with van der Waals surface area (Å²) < 4.78 is 6.67. The van der Waals surface area contributed by atoms with Crippen LogP contribution in [0.15, 0.2) is 63.1 Å². The van der Waals surface area contributed by atoms with Crippen LogP contribution in [0.3, 0.4) is 0 Å². The molecule has 1 aliphatic rings. The predicted octanol–water partition coefficient (Wildman–Crippen LogP) is 4.19. The first-order valence-corrected chi connectivity index (χ1v) is 11.7. The maximum absolute atomic E-state index is 13.2. The number of nitrogens with one attached hydrogen (secondary N) is 1. The number of carbonyl (C=O) groups excluding carboxylic acids is 2. The van der Waals surface area contributed by atoms with E-state index in [1.54, 1.807) is 47.7 Å². The van der Waals surface area contributed by atoms with Crippen LogP contribution in [0, 0.1) is 6.92 Å². The Balaban J connectivity index is 1.28. The molecule has 0 bridgehead atoms. The summed E-state index contributed by atoms with van der Waals surface area (Å²) in [6.45, 7) is 3.35. The predicted molar refractivity (Wildman–Crippen MR) is 128 cm³/mol. The number of oxazole rings is 1. The van der Waals surface area contributed by atoms with Crippen LogP contribution < -0.4 is 11.1 Å². The fourth-order valence-electron chi connectivity index (χ4n) is 4.25. The minimum Gasteiger partial charge on any atom is -0.408 e. The van der Waals surface area contributed by atoms with E-state index in [1.165, 1.54) is 15.0 Å². The number of anilines is 1. The number of hydrogen-bond donors (Lipinski definition) is 1. The van der Waals surface area contributed by atoms with E-state index in [0.29, 0.717) is 35.4 Å². The fourth-order valence-corrected chi connectivity index (χ4v) is 5.14. The van der Waals surface area contributed by atoms with E-state index in [2.05, 4.69) is 16.8 Å². The van der Waals surface area contributed by atoms with Gasteiger partial charge in [0.05, 0.1) is 5.52 Å². The van der Waals surface area contributed by atoms with Gasteiger partial charge < -0.3 is 14.6 Å². The number of rotatable bonds is 5. The molecule has 2 amide bonds. The number of amides is 2. The Bertz CT molecular complexity index is 1410. The Labute approximate surface area is 194 Å². The molecule has 1 aliphatic heterocycles. The summed E-state index contributed by atoms with van der Waals surface area (Å²) in [6, 6.07) is 14.6. The van der Waals surface area contributed by atoms with Gasteiger partial charge in [0.25, 0.3) is 5.91 Å². The fraction of sp³-hybridized carbons (Fsp3) is 0.240. The third-order valence-corrected chi connectivity index (χ3v) is 7.09. The summed E-state index contributed by atoms with van der Waals surface area (Å²) in [5, 5.41) is 4.97. The van der Waals surface area contributed by atoms with Gasteiger partial charge in [-0.1, -0.05) is 18.2 Å². The lowest BCUT2D eigenvalue weighted by Gasteiger charge is -2.28. The number of thiophene rings is 1. The van der Waals surface area contributed by atoms with E-state index in [4.69, 9.17) is 4.42 Å². The highest BCUT2D eigenvalue weighted by Crippen LogP contribution is 2.27. The van der Waals surface area contributed by atoms with Gasteiger partial charge in [-0.3, -0.25) is 14.2 Å². The van der Waals surface area contributed by atoms with Crippen molar-refractivity contribution in [3.05, 3.63) is 86.0 Å². The van der Waals surface area contributed by atoms with E-state index < -0.39 is 5.76 Å². The van der Waals surface area contributed by atoms with Crippen molar-refractivity contribution in [1.82, 2.24) is 9.47 Å². The SMILES string of the molecule is Cc1c(NC(=O)CCn2c(=O)oc3ccccc32)cccc1C(=O)N1CCc2sccc2C1. The zero-order valence-electron chi connectivity index (χ0n) is 18.2. The molecular formula is C25H23N3O4S. The van der Waals surface area contributed by atoms with Gasteiger partial charge in [-0.15, -0.1) is 11.3 Å². The van der Waals surface area contributed by atoms with Crippen LogP contribution in [0.5, 0.6) is 0 Å². The minimum absolute atomic E-state index is 0.0307. The number of hydrogen-bond acceptors (Lipinski definition) is 5. The molecule has 0 atom stereocenters. The molecule has 0 radical (unpaired) electrons. The minimum atomic E-state index is -0.483. The lowest BCUT2D eigenvalue weighted by molar-refractivity contribution is -0.116. The molecule has 0 saturated carbocycles. The standard InChI is InChI=1S/C25H23N3O4S/c1-16-18(24(30)27-12-9-22-17(15-27)11-14-33-22)5-4-6-19(16)26-23(29)10-13-28-20-7-2-3-8-21(20)32-25(28)31/h2-8,11,14H,9-10,12-13,15H2,1H3,(H,26,29). The highest BCUT2D eigenvalue weighted by molar-refractivity contribution is 7.10. The summed E-state index contributed by atoms with van der Waals surface area (Å²) in [6.07, 6.45) is 0.977. The highest BCUT2D eigenvalue weighted by Gasteiger charge is 2.24. The smallest absolute Gasteiger partial charge is 0.408 e. The molecule has 7 nitrogen and oxygen atoms in total. The molecule has 33 heavy (non-hydrogen) atoms. The molecule has 0 saturated heterocycles. The summed E-state index contributed by atoms with van der Waals surface area (Å²) in [7, 11) is 0. The summed E-state index contributed by atoms with van der Waals surface area (Å²) in [4.78, 5) is 41.2. The van der Waals surface area contributed by atoms with Crippen molar-refractivity contribution in [2.24, 2.45) is 0 Å². The van der Waals surface area contributed by atoms with Gasteiger partial charge in [0, 0.05) is 42.2 Å². The first-order valence-electron chi connectivity index (χ1n) is 10.8. The van der Waals surface area contributed by atoms with Crippen molar-refractivity contribution < 1.29 is 14.0 Å². The van der Waals surface area contributed by atoms with Crippen molar-refractivity contribution in [2.75, 3.05) is 11.9 Å². The van der Waals surface area contributed by atoms with Crippen LogP contribution in [0.2, 0.25) is 0 Å². The Morgan fingerprint density at radius 2 is 1.97 bits per heavy atom. The first kappa shape index (κ1) is 21.2. The first-order chi connectivity index (χ1) is 16.0.